The maximum Gasteiger partial charge on any atom is 0.183 e. The van der Waals surface area contributed by atoms with Gasteiger partial charge in [-0.05, 0) is 18.2 Å². The molecule has 0 saturated carbocycles. The van der Waals surface area contributed by atoms with E-state index >= 15 is 0 Å². The standard InChI is InChI=1S/C14H15BrN2O3S/c1-19-12-5-6-17-11(14(12)20-2)8-21(18)13-4-3-9(15)7-10(13)16/h3-7H,8,16H2,1-2H3. The van der Waals surface area contributed by atoms with E-state index in [1.54, 1.807) is 37.6 Å². The van der Waals surface area contributed by atoms with Gasteiger partial charge < -0.3 is 15.2 Å². The van der Waals surface area contributed by atoms with Gasteiger partial charge in [-0.25, -0.2) is 0 Å². The first kappa shape index (κ1) is 15.8. The Morgan fingerprint density at radius 1 is 1.29 bits per heavy atom. The van der Waals surface area contributed by atoms with E-state index in [0.717, 1.165) is 4.47 Å². The number of halogens is 1. The number of nitrogens with zero attached hydrogens (tertiary/aromatic N) is 1. The van der Waals surface area contributed by atoms with Crippen LogP contribution in [0.5, 0.6) is 11.5 Å². The van der Waals surface area contributed by atoms with Gasteiger partial charge in [0.15, 0.2) is 11.5 Å². The highest BCUT2D eigenvalue weighted by Gasteiger charge is 2.16. The first-order valence-electron chi connectivity index (χ1n) is 6.06. The highest BCUT2D eigenvalue weighted by Crippen LogP contribution is 2.31. The molecule has 0 fully saturated rings. The summed E-state index contributed by atoms with van der Waals surface area (Å²) in [6.07, 6.45) is 1.60. The van der Waals surface area contributed by atoms with Crippen LogP contribution < -0.4 is 15.2 Å². The normalized spacial score (nSPS) is 12.0. The van der Waals surface area contributed by atoms with E-state index in [0.29, 0.717) is 27.8 Å². The van der Waals surface area contributed by atoms with Crippen LogP contribution in [-0.4, -0.2) is 23.4 Å². The van der Waals surface area contributed by atoms with Crippen LogP contribution in [0.25, 0.3) is 0 Å². The number of methoxy groups -OCH3 is 2. The number of hydrogen-bond donors (Lipinski definition) is 1. The summed E-state index contributed by atoms with van der Waals surface area (Å²) in [6, 6.07) is 6.96. The summed E-state index contributed by atoms with van der Waals surface area (Å²) in [5, 5.41) is 0. The van der Waals surface area contributed by atoms with Crippen LogP contribution in [0.4, 0.5) is 5.69 Å². The summed E-state index contributed by atoms with van der Waals surface area (Å²) >= 11 is 3.33. The molecule has 2 N–H and O–H groups in total. The molecule has 1 heterocycles. The van der Waals surface area contributed by atoms with Crippen molar-refractivity contribution < 1.29 is 13.7 Å². The van der Waals surface area contributed by atoms with E-state index in [1.165, 1.54) is 7.11 Å². The quantitative estimate of drug-likeness (QED) is 0.819. The lowest BCUT2D eigenvalue weighted by Gasteiger charge is -2.12. The van der Waals surface area contributed by atoms with E-state index in [1.807, 2.05) is 0 Å². The second-order valence-electron chi connectivity index (χ2n) is 4.17. The van der Waals surface area contributed by atoms with Gasteiger partial charge in [0.1, 0.15) is 0 Å². The van der Waals surface area contributed by atoms with Crippen LogP contribution >= 0.6 is 15.9 Å². The number of rotatable bonds is 5. The molecule has 21 heavy (non-hydrogen) atoms. The number of pyridine rings is 1. The van der Waals surface area contributed by atoms with Gasteiger partial charge in [0.2, 0.25) is 0 Å². The third-order valence-corrected chi connectivity index (χ3v) is 4.74. The van der Waals surface area contributed by atoms with E-state index in [9.17, 15) is 4.21 Å². The molecule has 1 aromatic carbocycles. The van der Waals surface area contributed by atoms with Crippen molar-refractivity contribution in [3.63, 3.8) is 0 Å². The Morgan fingerprint density at radius 2 is 2.05 bits per heavy atom. The zero-order chi connectivity index (χ0) is 15.4. The lowest BCUT2D eigenvalue weighted by atomic mass is 10.3. The van der Waals surface area contributed by atoms with Crippen LogP contribution in [-0.2, 0) is 16.6 Å². The molecule has 5 nitrogen and oxygen atoms in total. The van der Waals surface area contributed by atoms with Gasteiger partial charge in [-0.15, -0.1) is 0 Å². The molecule has 0 spiro atoms. The van der Waals surface area contributed by atoms with Crippen molar-refractivity contribution in [1.82, 2.24) is 4.98 Å². The molecule has 0 amide bonds. The minimum absolute atomic E-state index is 0.201. The summed E-state index contributed by atoms with van der Waals surface area (Å²) in [6.45, 7) is 0. The Labute approximate surface area is 134 Å². The molecule has 7 heteroatoms. The van der Waals surface area contributed by atoms with Crippen LogP contribution in [0, 0.1) is 0 Å². The van der Waals surface area contributed by atoms with Gasteiger partial charge >= 0.3 is 0 Å². The Hall–Kier alpha value is -1.60. The fourth-order valence-corrected chi connectivity index (χ4v) is 3.41. The zero-order valence-electron chi connectivity index (χ0n) is 11.6. The van der Waals surface area contributed by atoms with Crippen molar-refractivity contribution in [2.24, 2.45) is 0 Å². The van der Waals surface area contributed by atoms with E-state index in [4.69, 9.17) is 15.2 Å². The van der Waals surface area contributed by atoms with Gasteiger partial charge in [0.25, 0.3) is 0 Å². The SMILES string of the molecule is COc1ccnc(CS(=O)c2ccc(Br)cc2N)c1OC. The largest absolute Gasteiger partial charge is 0.493 e. The number of nitrogens with two attached hydrogens (primary N) is 1. The highest BCUT2D eigenvalue weighted by molar-refractivity contribution is 9.10. The van der Waals surface area contributed by atoms with Crippen molar-refractivity contribution in [3.05, 3.63) is 40.6 Å². The Morgan fingerprint density at radius 3 is 2.67 bits per heavy atom. The lowest BCUT2D eigenvalue weighted by molar-refractivity contribution is 0.350. The minimum atomic E-state index is -1.32. The number of hydrogen-bond acceptors (Lipinski definition) is 5. The molecular weight excluding hydrogens is 356 g/mol. The smallest absolute Gasteiger partial charge is 0.183 e. The van der Waals surface area contributed by atoms with Crippen molar-refractivity contribution in [3.8, 4) is 11.5 Å². The van der Waals surface area contributed by atoms with E-state index in [2.05, 4.69) is 20.9 Å². The number of aromatic nitrogens is 1. The molecule has 0 aliphatic carbocycles. The van der Waals surface area contributed by atoms with Gasteiger partial charge in [0, 0.05) is 22.4 Å². The van der Waals surface area contributed by atoms with Crippen LogP contribution in [0.2, 0.25) is 0 Å². The monoisotopic (exact) mass is 370 g/mol. The Bertz CT molecular complexity index is 679. The molecule has 112 valence electrons. The van der Waals surface area contributed by atoms with Crippen molar-refractivity contribution >= 4 is 32.4 Å². The average Bonchev–Trinajstić information content (AvgIpc) is 2.46. The van der Waals surface area contributed by atoms with E-state index in [-0.39, 0.29) is 5.75 Å². The highest BCUT2D eigenvalue weighted by atomic mass is 79.9. The van der Waals surface area contributed by atoms with Crippen LogP contribution in [0.3, 0.4) is 0 Å². The van der Waals surface area contributed by atoms with Crippen LogP contribution in [0.15, 0.2) is 39.8 Å². The van der Waals surface area contributed by atoms with Crippen molar-refractivity contribution in [1.29, 1.82) is 0 Å². The van der Waals surface area contributed by atoms with Gasteiger partial charge in [-0.2, -0.15) is 0 Å². The molecule has 0 aliphatic rings. The fourth-order valence-electron chi connectivity index (χ4n) is 1.88. The lowest BCUT2D eigenvalue weighted by Crippen LogP contribution is -2.05. The predicted octanol–water partition coefficient (Wildman–Crippen LogP) is 2.75. The molecular formula is C14H15BrN2O3S. The average molecular weight is 371 g/mol. The molecule has 1 aromatic heterocycles. The zero-order valence-corrected chi connectivity index (χ0v) is 14.0. The molecule has 0 radical (unpaired) electrons. The van der Waals surface area contributed by atoms with Gasteiger partial charge in [0.05, 0.1) is 41.4 Å². The summed E-state index contributed by atoms with van der Waals surface area (Å²) < 4.78 is 23.8. The van der Waals surface area contributed by atoms with Crippen LogP contribution in [0.1, 0.15) is 5.69 Å². The van der Waals surface area contributed by atoms with Crippen molar-refractivity contribution in [2.75, 3.05) is 20.0 Å². The maximum atomic E-state index is 12.5. The molecule has 2 aromatic rings. The number of anilines is 1. The minimum Gasteiger partial charge on any atom is -0.493 e. The summed E-state index contributed by atoms with van der Waals surface area (Å²) in [4.78, 5) is 4.80. The number of nitrogen functional groups attached to an aromatic ring is 1. The number of benzene rings is 1. The molecule has 2 rings (SSSR count). The molecule has 1 unspecified atom stereocenters. The molecule has 0 bridgehead atoms. The molecule has 1 atom stereocenters. The summed E-state index contributed by atoms with van der Waals surface area (Å²) in [7, 11) is 1.75. The third kappa shape index (κ3) is 3.54. The third-order valence-electron chi connectivity index (χ3n) is 2.85. The predicted molar refractivity (Wildman–Crippen MR) is 86.0 cm³/mol. The Balaban J connectivity index is 2.31. The topological polar surface area (TPSA) is 74.4 Å². The summed E-state index contributed by atoms with van der Waals surface area (Å²) in [5.74, 6) is 1.25. The second-order valence-corrected chi connectivity index (χ2v) is 6.50. The van der Waals surface area contributed by atoms with E-state index < -0.39 is 10.8 Å². The maximum absolute atomic E-state index is 12.5. The fraction of sp³-hybridized carbons (Fsp3) is 0.214. The number of ether oxygens (including phenoxy) is 2. The molecule has 0 saturated heterocycles. The second kappa shape index (κ2) is 6.91. The first-order chi connectivity index (χ1) is 10.1. The van der Waals surface area contributed by atoms with Gasteiger partial charge in [-0.3, -0.25) is 9.19 Å². The summed E-state index contributed by atoms with van der Waals surface area (Å²) in [5.41, 5.74) is 6.95. The van der Waals surface area contributed by atoms with Crippen molar-refractivity contribution in [2.45, 2.75) is 10.6 Å². The van der Waals surface area contributed by atoms with Gasteiger partial charge in [-0.1, -0.05) is 15.9 Å². The Kier molecular flexibility index (Phi) is 5.19. The molecule has 0 aliphatic heterocycles. The first-order valence-corrected chi connectivity index (χ1v) is 8.17.